The minimum absolute atomic E-state index is 0.122. The van der Waals surface area contributed by atoms with Crippen molar-refractivity contribution in [3.8, 4) is 0 Å². The van der Waals surface area contributed by atoms with Crippen LogP contribution in [0.1, 0.15) is 20.8 Å². The van der Waals surface area contributed by atoms with Crippen LogP contribution < -0.4 is 5.32 Å². The molecule has 2 atom stereocenters. The second kappa shape index (κ2) is 3.05. The van der Waals surface area contributed by atoms with Gasteiger partial charge in [0.25, 0.3) is 0 Å². The van der Waals surface area contributed by atoms with Gasteiger partial charge in [-0.3, -0.25) is 4.79 Å². The van der Waals surface area contributed by atoms with Crippen molar-refractivity contribution in [1.29, 1.82) is 0 Å². The minimum atomic E-state index is -0.658. The summed E-state index contributed by atoms with van der Waals surface area (Å²) in [6.07, 6.45) is 0. The fraction of sp³-hybridized carbons (Fsp3) is 0.889. The quantitative estimate of drug-likeness (QED) is 0.617. The zero-order valence-corrected chi connectivity index (χ0v) is 7.92. The van der Waals surface area contributed by atoms with Gasteiger partial charge in [-0.25, -0.2) is 0 Å². The van der Waals surface area contributed by atoms with Crippen LogP contribution in [0.4, 0.5) is 0 Å². The summed E-state index contributed by atoms with van der Waals surface area (Å²) in [5, 5.41) is 12.3. The first-order valence-corrected chi connectivity index (χ1v) is 4.38. The fourth-order valence-electron chi connectivity index (χ4n) is 2.20. The Morgan fingerprint density at radius 1 is 1.58 bits per heavy atom. The van der Waals surface area contributed by atoms with E-state index in [4.69, 9.17) is 5.11 Å². The number of carbonyl (C=O) groups is 1. The molecule has 0 radical (unpaired) electrons. The van der Waals surface area contributed by atoms with Gasteiger partial charge in [0.1, 0.15) is 0 Å². The monoisotopic (exact) mass is 171 g/mol. The smallest absolute Gasteiger partial charge is 0.307 e. The number of aliphatic carboxylic acids is 1. The van der Waals surface area contributed by atoms with Gasteiger partial charge < -0.3 is 10.4 Å². The van der Waals surface area contributed by atoms with E-state index in [0.29, 0.717) is 0 Å². The van der Waals surface area contributed by atoms with Crippen LogP contribution in [0, 0.1) is 17.3 Å². The van der Waals surface area contributed by atoms with Gasteiger partial charge >= 0.3 is 5.97 Å². The summed E-state index contributed by atoms with van der Waals surface area (Å²) in [5.74, 6) is -0.640. The molecule has 0 aromatic heterocycles. The second-order valence-electron chi connectivity index (χ2n) is 4.41. The molecule has 1 saturated heterocycles. The molecule has 12 heavy (non-hydrogen) atoms. The average molecular weight is 171 g/mol. The fourth-order valence-corrected chi connectivity index (χ4v) is 2.20. The number of carboxylic acids is 1. The first kappa shape index (κ1) is 9.52. The maximum Gasteiger partial charge on any atom is 0.307 e. The lowest BCUT2D eigenvalue weighted by molar-refractivity contribution is -0.149. The van der Waals surface area contributed by atoms with E-state index in [1.807, 2.05) is 20.8 Å². The van der Waals surface area contributed by atoms with Crippen molar-refractivity contribution in [3.05, 3.63) is 0 Å². The molecule has 1 aliphatic heterocycles. The molecule has 0 spiro atoms. The number of carboxylic acid groups (broad SMARTS) is 1. The van der Waals surface area contributed by atoms with Crippen molar-refractivity contribution >= 4 is 5.97 Å². The van der Waals surface area contributed by atoms with Crippen LogP contribution >= 0.6 is 0 Å². The molecule has 70 valence electrons. The Morgan fingerprint density at radius 2 is 2.17 bits per heavy atom. The Labute approximate surface area is 73.2 Å². The number of hydrogen-bond donors (Lipinski definition) is 2. The topological polar surface area (TPSA) is 49.3 Å². The summed E-state index contributed by atoms with van der Waals surface area (Å²) in [4.78, 5) is 11.0. The predicted octanol–water partition coefficient (Wildman–Crippen LogP) is 0.953. The van der Waals surface area contributed by atoms with Crippen LogP contribution in [-0.4, -0.2) is 24.2 Å². The maximum absolute atomic E-state index is 11.0. The standard InChI is InChI=1S/C9H17NO2/c1-6-4-10-5-9(2,3)7(6)8(11)12/h6-7,10H,4-5H2,1-3H3,(H,11,12). The molecule has 3 nitrogen and oxygen atoms in total. The van der Waals surface area contributed by atoms with Crippen molar-refractivity contribution in [2.75, 3.05) is 13.1 Å². The van der Waals surface area contributed by atoms with Crippen LogP contribution in [0.25, 0.3) is 0 Å². The van der Waals surface area contributed by atoms with E-state index in [-0.39, 0.29) is 17.3 Å². The van der Waals surface area contributed by atoms with Gasteiger partial charge in [-0.2, -0.15) is 0 Å². The van der Waals surface area contributed by atoms with E-state index in [9.17, 15) is 4.79 Å². The van der Waals surface area contributed by atoms with E-state index >= 15 is 0 Å². The molecule has 2 N–H and O–H groups in total. The van der Waals surface area contributed by atoms with Gasteiger partial charge in [0, 0.05) is 6.54 Å². The van der Waals surface area contributed by atoms with E-state index in [2.05, 4.69) is 5.32 Å². The number of piperidine rings is 1. The molecule has 0 saturated carbocycles. The molecule has 1 rings (SSSR count). The van der Waals surface area contributed by atoms with Crippen LogP contribution in [0.15, 0.2) is 0 Å². The highest BCUT2D eigenvalue weighted by Crippen LogP contribution is 2.34. The van der Waals surface area contributed by atoms with E-state index in [1.165, 1.54) is 0 Å². The number of hydrogen-bond acceptors (Lipinski definition) is 2. The first-order valence-electron chi connectivity index (χ1n) is 4.38. The van der Waals surface area contributed by atoms with Crippen molar-refractivity contribution in [1.82, 2.24) is 5.32 Å². The summed E-state index contributed by atoms with van der Waals surface area (Å²) >= 11 is 0. The van der Waals surface area contributed by atoms with E-state index < -0.39 is 5.97 Å². The van der Waals surface area contributed by atoms with Crippen LogP contribution in [-0.2, 0) is 4.79 Å². The number of rotatable bonds is 1. The van der Waals surface area contributed by atoms with Crippen LogP contribution in [0.5, 0.6) is 0 Å². The van der Waals surface area contributed by atoms with Crippen molar-refractivity contribution < 1.29 is 9.90 Å². The Hall–Kier alpha value is -0.570. The third-order valence-electron chi connectivity index (χ3n) is 2.72. The molecule has 0 aliphatic carbocycles. The SMILES string of the molecule is CC1CNCC(C)(C)C1C(=O)O. The normalized spacial score (nSPS) is 34.6. The Morgan fingerprint density at radius 3 is 2.50 bits per heavy atom. The molecule has 1 heterocycles. The van der Waals surface area contributed by atoms with Crippen LogP contribution in [0.2, 0.25) is 0 Å². The molecule has 0 amide bonds. The summed E-state index contributed by atoms with van der Waals surface area (Å²) in [5.41, 5.74) is -0.122. The zero-order chi connectivity index (χ0) is 9.35. The molecular weight excluding hydrogens is 154 g/mol. The maximum atomic E-state index is 11.0. The first-order chi connectivity index (χ1) is 5.45. The Bertz CT molecular complexity index is 189. The van der Waals surface area contributed by atoms with Crippen molar-refractivity contribution in [3.63, 3.8) is 0 Å². The second-order valence-corrected chi connectivity index (χ2v) is 4.41. The van der Waals surface area contributed by atoms with Crippen molar-refractivity contribution in [2.45, 2.75) is 20.8 Å². The summed E-state index contributed by atoms with van der Waals surface area (Å²) in [6.45, 7) is 7.63. The lowest BCUT2D eigenvalue weighted by atomic mass is 9.70. The number of nitrogens with one attached hydrogen (secondary N) is 1. The summed E-state index contributed by atoms with van der Waals surface area (Å²) in [7, 11) is 0. The molecule has 0 bridgehead atoms. The van der Waals surface area contributed by atoms with Gasteiger partial charge in [0.05, 0.1) is 5.92 Å². The molecule has 1 fully saturated rings. The lowest BCUT2D eigenvalue weighted by Crippen LogP contribution is -2.50. The average Bonchev–Trinajstić information content (AvgIpc) is 1.82. The Kier molecular flexibility index (Phi) is 2.42. The Balaban J connectivity index is 2.81. The summed E-state index contributed by atoms with van der Waals surface area (Å²) in [6, 6.07) is 0. The van der Waals surface area contributed by atoms with Gasteiger partial charge in [-0.1, -0.05) is 20.8 Å². The largest absolute Gasteiger partial charge is 0.481 e. The third-order valence-corrected chi connectivity index (χ3v) is 2.72. The molecular formula is C9H17NO2. The van der Waals surface area contributed by atoms with Crippen LogP contribution in [0.3, 0.4) is 0 Å². The van der Waals surface area contributed by atoms with Gasteiger partial charge in [-0.15, -0.1) is 0 Å². The highest BCUT2D eigenvalue weighted by molar-refractivity contribution is 5.71. The van der Waals surface area contributed by atoms with Gasteiger partial charge in [-0.05, 0) is 17.9 Å². The molecule has 2 unspecified atom stereocenters. The summed E-state index contributed by atoms with van der Waals surface area (Å²) < 4.78 is 0. The predicted molar refractivity (Wildman–Crippen MR) is 46.9 cm³/mol. The van der Waals surface area contributed by atoms with Crippen molar-refractivity contribution in [2.24, 2.45) is 17.3 Å². The molecule has 3 heteroatoms. The van der Waals surface area contributed by atoms with E-state index in [1.54, 1.807) is 0 Å². The van der Waals surface area contributed by atoms with Gasteiger partial charge in [0.15, 0.2) is 0 Å². The minimum Gasteiger partial charge on any atom is -0.481 e. The van der Waals surface area contributed by atoms with Gasteiger partial charge in [0.2, 0.25) is 0 Å². The highest BCUT2D eigenvalue weighted by Gasteiger charge is 2.41. The molecule has 1 aliphatic rings. The molecule has 0 aromatic carbocycles. The highest BCUT2D eigenvalue weighted by atomic mass is 16.4. The van der Waals surface area contributed by atoms with E-state index in [0.717, 1.165) is 13.1 Å². The lowest BCUT2D eigenvalue weighted by Gasteiger charge is -2.40. The molecule has 0 aromatic rings. The zero-order valence-electron chi connectivity index (χ0n) is 7.92. The third kappa shape index (κ3) is 1.61.